The van der Waals surface area contributed by atoms with Gasteiger partial charge in [0.1, 0.15) is 0 Å². The van der Waals surface area contributed by atoms with E-state index in [2.05, 4.69) is 0 Å². The second-order valence-electron chi connectivity index (χ2n) is 1.60. The molecule has 0 aliphatic rings. The number of carbonyl (C=O) groups is 1. The first-order chi connectivity index (χ1) is 3.63. The van der Waals surface area contributed by atoms with Crippen LogP contribution in [-0.4, -0.2) is 17.2 Å². The maximum atomic E-state index is 9.79. The third kappa shape index (κ3) is 15.7. The number of carboxylic acids is 1. The number of nitrogens with two attached hydrogens (primary N) is 2. The molecule has 0 rings (SSSR count). The van der Waals surface area contributed by atoms with Crippen molar-refractivity contribution < 1.29 is 9.90 Å². The molecule has 0 atom stereocenters. The lowest BCUT2D eigenvalue weighted by Gasteiger charge is -1.98. The number of aliphatic carboxylic acids is 1. The Morgan fingerprint density at radius 3 is 1.90 bits per heavy atom. The first kappa shape index (κ1) is 16.5. The summed E-state index contributed by atoms with van der Waals surface area (Å²) in [7, 11) is 0. The van der Waals surface area contributed by atoms with Crippen molar-refractivity contribution in [3.63, 3.8) is 0 Å². The fraction of sp³-hybridized carbons (Fsp3) is 0.750. The van der Waals surface area contributed by atoms with E-state index in [4.69, 9.17) is 16.6 Å². The van der Waals surface area contributed by atoms with Crippen LogP contribution >= 0.6 is 24.8 Å². The van der Waals surface area contributed by atoms with E-state index in [1.54, 1.807) is 0 Å². The molecule has 6 heteroatoms. The lowest BCUT2D eigenvalue weighted by molar-refractivity contribution is -0.137. The second kappa shape index (κ2) is 8.97. The summed E-state index contributed by atoms with van der Waals surface area (Å²) < 4.78 is 0. The van der Waals surface area contributed by atoms with Crippen molar-refractivity contribution in [1.82, 2.24) is 0 Å². The van der Waals surface area contributed by atoms with Crippen molar-refractivity contribution in [1.29, 1.82) is 0 Å². The highest BCUT2D eigenvalue weighted by molar-refractivity contribution is 5.85. The van der Waals surface area contributed by atoms with Crippen LogP contribution in [0.2, 0.25) is 0 Å². The van der Waals surface area contributed by atoms with Gasteiger partial charge in [0.25, 0.3) is 0 Å². The summed E-state index contributed by atoms with van der Waals surface area (Å²) in [4.78, 5) is 9.79. The minimum Gasteiger partial charge on any atom is -0.481 e. The smallest absolute Gasteiger partial charge is 0.303 e. The summed E-state index contributed by atoms with van der Waals surface area (Å²) in [6, 6.07) is 0. The van der Waals surface area contributed by atoms with Gasteiger partial charge in [0, 0.05) is 6.42 Å². The lowest BCUT2D eigenvalue weighted by Crippen LogP contribution is -2.30. The molecule has 5 N–H and O–H groups in total. The Labute approximate surface area is 71.8 Å². The molecule has 0 bridgehead atoms. The van der Waals surface area contributed by atoms with Crippen molar-refractivity contribution >= 4 is 30.8 Å². The van der Waals surface area contributed by atoms with Crippen molar-refractivity contribution in [3.8, 4) is 0 Å². The highest BCUT2D eigenvalue weighted by Crippen LogP contribution is 1.86. The van der Waals surface area contributed by atoms with Crippen LogP contribution in [0.4, 0.5) is 0 Å². The summed E-state index contributed by atoms with van der Waals surface area (Å²) in [6.07, 6.45) is -0.0985. The Hall–Kier alpha value is -0.0300. The largest absolute Gasteiger partial charge is 0.481 e. The fourth-order valence-electron chi connectivity index (χ4n) is 0.290. The zero-order chi connectivity index (χ0) is 6.57. The predicted octanol–water partition coefficient (Wildman–Crippen LogP) is -0.0617. The van der Waals surface area contributed by atoms with Crippen LogP contribution in [0.1, 0.15) is 12.8 Å². The average Bonchev–Trinajstić information content (AvgIpc) is 1.61. The monoisotopic (exact) mass is 190 g/mol. The molecule has 0 aromatic rings. The highest BCUT2D eigenvalue weighted by Gasteiger charge is 1.98. The molecule has 0 aliphatic heterocycles. The van der Waals surface area contributed by atoms with E-state index in [1.807, 2.05) is 0 Å². The normalized spacial score (nSPS) is 7.90. The van der Waals surface area contributed by atoms with Crippen LogP contribution in [0.5, 0.6) is 0 Å². The zero-order valence-corrected chi connectivity index (χ0v) is 6.95. The van der Waals surface area contributed by atoms with E-state index in [9.17, 15) is 4.79 Å². The molecule has 0 saturated heterocycles. The molecular weight excluding hydrogens is 179 g/mol. The number of hydrogen-bond donors (Lipinski definition) is 3. The van der Waals surface area contributed by atoms with Gasteiger partial charge in [-0.05, 0) is 6.42 Å². The molecule has 4 nitrogen and oxygen atoms in total. The Bertz CT molecular complexity index is 89.3. The van der Waals surface area contributed by atoms with Crippen molar-refractivity contribution in [2.75, 3.05) is 0 Å². The van der Waals surface area contributed by atoms with Crippen molar-refractivity contribution in [2.45, 2.75) is 19.0 Å². The number of rotatable bonds is 3. The molecule has 0 saturated carbocycles. The minimum atomic E-state index is -0.856. The summed E-state index contributed by atoms with van der Waals surface area (Å²) >= 11 is 0. The van der Waals surface area contributed by atoms with Crippen LogP contribution in [-0.2, 0) is 4.79 Å². The molecule has 0 aromatic carbocycles. The second-order valence-corrected chi connectivity index (χ2v) is 1.60. The lowest BCUT2D eigenvalue weighted by atomic mass is 10.3. The zero-order valence-electron chi connectivity index (χ0n) is 5.32. The molecule has 0 aromatic heterocycles. The molecule has 10 heavy (non-hydrogen) atoms. The highest BCUT2D eigenvalue weighted by atomic mass is 35.5. The van der Waals surface area contributed by atoms with E-state index in [1.165, 1.54) is 0 Å². The molecule has 0 heterocycles. The van der Waals surface area contributed by atoms with Gasteiger partial charge < -0.3 is 16.6 Å². The standard InChI is InChI=1S/C4H10N2O2.2ClH/c5-3(6)1-2-4(7)8;;/h3H,1-2,5-6H2,(H,7,8);2*1H. The average molecular weight is 191 g/mol. The first-order valence-electron chi connectivity index (χ1n) is 2.36. The fourth-order valence-corrected chi connectivity index (χ4v) is 0.290. The summed E-state index contributed by atoms with van der Waals surface area (Å²) in [5.41, 5.74) is 10.1. The molecular formula is C4H12Cl2N2O2. The van der Waals surface area contributed by atoms with Crippen LogP contribution in [0.15, 0.2) is 0 Å². The maximum absolute atomic E-state index is 9.79. The van der Waals surface area contributed by atoms with Crippen LogP contribution < -0.4 is 11.5 Å². The molecule has 64 valence electrons. The SMILES string of the molecule is Cl.Cl.NC(N)CCC(=O)O. The molecule has 0 spiro atoms. The van der Waals surface area contributed by atoms with Gasteiger partial charge in [-0.3, -0.25) is 4.79 Å². The number of carboxylic acid groups (broad SMARTS) is 1. The molecule has 0 aliphatic carbocycles. The molecule has 0 amide bonds. The first-order valence-corrected chi connectivity index (χ1v) is 2.36. The third-order valence-electron chi connectivity index (χ3n) is 0.692. The van der Waals surface area contributed by atoms with Gasteiger partial charge >= 0.3 is 5.97 Å². The third-order valence-corrected chi connectivity index (χ3v) is 0.692. The van der Waals surface area contributed by atoms with Gasteiger partial charge in [-0.2, -0.15) is 0 Å². The Kier molecular flexibility index (Phi) is 14.8. The summed E-state index contributed by atoms with van der Waals surface area (Å²) in [5, 5.41) is 8.05. The van der Waals surface area contributed by atoms with E-state index < -0.39 is 12.1 Å². The maximum Gasteiger partial charge on any atom is 0.303 e. The van der Waals surface area contributed by atoms with Crippen LogP contribution in [0.3, 0.4) is 0 Å². The van der Waals surface area contributed by atoms with Gasteiger partial charge in [-0.15, -0.1) is 24.8 Å². The Morgan fingerprint density at radius 1 is 1.40 bits per heavy atom. The van der Waals surface area contributed by atoms with Gasteiger partial charge in [0.15, 0.2) is 0 Å². The van der Waals surface area contributed by atoms with Crippen molar-refractivity contribution in [3.05, 3.63) is 0 Å². The Balaban J connectivity index is -0.000000245. The molecule has 0 unspecified atom stereocenters. The van der Waals surface area contributed by atoms with Crippen LogP contribution in [0.25, 0.3) is 0 Å². The van der Waals surface area contributed by atoms with Gasteiger partial charge in [0.05, 0.1) is 6.17 Å². The predicted molar refractivity (Wildman–Crippen MR) is 43.5 cm³/mol. The molecule has 0 fully saturated rings. The number of halogens is 2. The van der Waals surface area contributed by atoms with E-state index in [-0.39, 0.29) is 31.2 Å². The van der Waals surface area contributed by atoms with Gasteiger partial charge in [0.2, 0.25) is 0 Å². The topological polar surface area (TPSA) is 89.3 Å². The number of hydrogen-bond acceptors (Lipinski definition) is 3. The van der Waals surface area contributed by atoms with Crippen LogP contribution in [0, 0.1) is 0 Å². The van der Waals surface area contributed by atoms with E-state index >= 15 is 0 Å². The minimum absolute atomic E-state index is 0. The van der Waals surface area contributed by atoms with Gasteiger partial charge in [-0.1, -0.05) is 0 Å². The van der Waals surface area contributed by atoms with E-state index in [0.29, 0.717) is 6.42 Å². The summed E-state index contributed by atoms with van der Waals surface area (Å²) in [6.45, 7) is 0. The summed E-state index contributed by atoms with van der Waals surface area (Å²) in [5.74, 6) is -0.856. The van der Waals surface area contributed by atoms with Crippen molar-refractivity contribution in [2.24, 2.45) is 11.5 Å². The Morgan fingerprint density at radius 2 is 1.80 bits per heavy atom. The quantitative estimate of drug-likeness (QED) is 0.545. The van der Waals surface area contributed by atoms with E-state index in [0.717, 1.165) is 0 Å². The van der Waals surface area contributed by atoms with Gasteiger partial charge in [-0.25, -0.2) is 0 Å². The molecule has 0 radical (unpaired) electrons.